The topological polar surface area (TPSA) is 49.8 Å². The summed E-state index contributed by atoms with van der Waals surface area (Å²) in [5.74, 6) is 0.299. The molecule has 4 heteroatoms. The fraction of sp³-hybridized carbons (Fsp3) is 0.500. The molecule has 1 N–H and O–H groups in total. The number of carbonyl (C=O) groups is 1. The first-order valence-corrected chi connectivity index (χ1v) is 6.22. The standard InChI is InChI=1S/C14H19NO3/c1-10-7-8-15(13(10)14(16)17)9-11-5-3-4-6-12(11)18-2/h3-6,10,13H,7-9H2,1-2H3,(H,16,17). The molecule has 1 aliphatic rings. The highest BCUT2D eigenvalue weighted by Gasteiger charge is 2.36. The van der Waals surface area contributed by atoms with Gasteiger partial charge in [-0.15, -0.1) is 0 Å². The van der Waals surface area contributed by atoms with Gasteiger partial charge in [-0.05, 0) is 24.9 Å². The molecule has 0 aliphatic carbocycles. The molecule has 98 valence electrons. The zero-order valence-corrected chi connectivity index (χ0v) is 10.8. The molecule has 4 nitrogen and oxygen atoms in total. The van der Waals surface area contributed by atoms with Crippen molar-refractivity contribution in [2.24, 2.45) is 5.92 Å². The molecule has 0 aromatic heterocycles. The minimum Gasteiger partial charge on any atom is -0.496 e. The van der Waals surface area contributed by atoms with Gasteiger partial charge in [0.2, 0.25) is 0 Å². The largest absolute Gasteiger partial charge is 0.496 e. The number of rotatable bonds is 4. The van der Waals surface area contributed by atoms with Crippen LogP contribution in [0.2, 0.25) is 0 Å². The lowest BCUT2D eigenvalue weighted by atomic mass is 10.0. The quantitative estimate of drug-likeness (QED) is 0.886. The second-order valence-electron chi connectivity index (χ2n) is 4.83. The fourth-order valence-electron chi connectivity index (χ4n) is 2.66. The van der Waals surface area contributed by atoms with Gasteiger partial charge in [-0.2, -0.15) is 0 Å². The molecule has 1 aromatic carbocycles. The van der Waals surface area contributed by atoms with Crippen LogP contribution in [0.4, 0.5) is 0 Å². The van der Waals surface area contributed by atoms with Crippen LogP contribution in [0, 0.1) is 5.92 Å². The van der Waals surface area contributed by atoms with Crippen LogP contribution in [0.15, 0.2) is 24.3 Å². The van der Waals surface area contributed by atoms with Gasteiger partial charge in [-0.1, -0.05) is 25.1 Å². The van der Waals surface area contributed by atoms with Gasteiger partial charge in [0.15, 0.2) is 0 Å². The number of likely N-dealkylation sites (tertiary alicyclic amines) is 1. The molecule has 0 radical (unpaired) electrons. The molecule has 1 heterocycles. The smallest absolute Gasteiger partial charge is 0.321 e. The van der Waals surface area contributed by atoms with Crippen LogP contribution >= 0.6 is 0 Å². The predicted molar refractivity (Wildman–Crippen MR) is 68.6 cm³/mol. The number of aliphatic carboxylic acids is 1. The van der Waals surface area contributed by atoms with Crippen LogP contribution < -0.4 is 4.74 Å². The third-order valence-corrected chi connectivity index (χ3v) is 3.62. The Morgan fingerprint density at radius 2 is 2.22 bits per heavy atom. The lowest BCUT2D eigenvalue weighted by Crippen LogP contribution is -2.38. The van der Waals surface area contributed by atoms with Gasteiger partial charge >= 0.3 is 5.97 Å². The molecule has 0 spiro atoms. The highest BCUT2D eigenvalue weighted by molar-refractivity contribution is 5.74. The summed E-state index contributed by atoms with van der Waals surface area (Å²) in [5.41, 5.74) is 1.04. The minimum atomic E-state index is -0.727. The van der Waals surface area contributed by atoms with E-state index < -0.39 is 5.97 Å². The number of methoxy groups -OCH3 is 1. The summed E-state index contributed by atoms with van der Waals surface area (Å²) in [7, 11) is 1.64. The summed E-state index contributed by atoms with van der Waals surface area (Å²) in [6.07, 6.45) is 0.937. The van der Waals surface area contributed by atoms with Gasteiger partial charge < -0.3 is 9.84 Å². The monoisotopic (exact) mass is 249 g/mol. The number of ether oxygens (including phenoxy) is 1. The minimum absolute atomic E-state index is 0.206. The van der Waals surface area contributed by atoms with Gasteiger partial charge in [-0.3, -0.25) is 9.69 Å². The highest BCUT2D eigenvalue weighted by Crippen LogP contribution is 2.28. The Bertz CT molecular complexity index is 433. The Labute approximate surface area is 107 Å². The van der Waals surface area contributed by atoms with E-state index in [-0.39, 0.29) is 12.0 Å². The third kappa shape index (κ3) is 2.48. The van der Waals surface area contributed by atoms with Crippen LogP contribution in [0.1, 0.15) is 18.9 Å². The summed E-state index contributed by atoms with van der Waals surface area (Å²) < 4.78 is 5.30. The summed E-state index contributed by atoms with van der Waals surface area (Å²) in [6, 6.07) is 7.39. The zero-order valence-electron chi connectivity index (χ0n) is 10.8. The van der Waals surface area contributed by atoms with Crippen LogP contribution in [-0.2, 0) is 11.3 Å². The van der Waals surface area contributed by atoms with Gasteiger partial charge in [0, 0.05) is 12.1 Å². The van der Waals surface area contributed by atoms with Gasteiger partial charge in [0.05, 0.1) is 7.11 Å². The molecule has 1 aliphatic heterocycles. The van der Waals surface area contributed by atoms with E-state index in [0.29, 0.717) is 6.54 Å². The number of nitrogens with zero attached hydrogens (tertiary/aromatic N) is 1. The number of hydrogen-bond donors (Lipinski definition) is 1. The van der Waals surface area contributed by atoms with E-state index in [1.165, 1.54) is 0 Å². The number of benzene rings is 1. The number of carboxylic acid groups (broad SMARTS) is 1. The summed E-state index contributed by atoms with van der Waals surface area (Å²) in [5, 5.41) is 9.29. The van der Waals surface area contributed by atoms with E-state index in [0.717, 1.165) is 24.3 Å². The van der Waals surface area contributed by atoms with E-state index in [9.17, 15) is 9.90 Å². The summed E-state index contributed by atoms with van der Waals surface area (Å²) in [6.45, 7) is 3.46. The molecule has 1 fully saturated rings. The fourth-order valence-corrected chi connectivity index (χ4v) is 2.66. The Kier molecular flexibility index (Phi) is 3.87. The van der Waals surface area contributed by atoms with Crippen molar-refractivity contribution in [3.05, 3.63) is 29.8 Å². The molecule has 0 saturated carbocycles. The molecule has 1 saturated heterocycles. The molecule has 0 amide bonds. The second kappa shape index (κ2) is 5.40. The Balaban J connectivity index is 2.16. The average molecular weight is 249 g/mol. The SMILES string of the molecule is COc1ccccc1CN1CCC(C)C1C(=O)O. The number of carboxylic acids is 1. The van der Waals surface area contributed by atoms with Crippen molar-refractivity contribution in [3.63, 3.8) is 0 Å². The molecule has 2 unspecified atom stereocenters. The Morgan fingerprint density at radius 3 is 2.89 bits per heavy atom. The molecule has 1 aromatic rings. The Morgan fingerprint density at radius 1 is 1.50 bits per heavy atom. The zero-order chi connectivity index (χ0) is 13.1. The third-order valence-electron chi connectivity index (χ3n) is 3.62. The van der Waals surface area contributed by atoms with Crippen molar-refractivity contribution in [3.8, 4) is 5.75 Å². The van der Waals surface area contributed by atoms with Crippen LogP contribution in [0.5, 0.6) is 5.75 Å². The van der Waals surface area contributed by atoms with Crippen LogP contribution in [-0.4, -0.2) is 35.7 Å². The molecule has 2 rings (SSSR count). The van der Waals surface area contributed by atoms with Crippen molar-refractivity contribution in [1.82, 2.24) is 4.90 Å². The van der Waals surface area contributed by atoms with E-state index in [2.05, 4.69) is 0 Å². The maximum Gasteiger partial charge on any atom is 0.321 e. The number of hydrogen-bond acceptors (Lipinski definition) is 3. The van der Waals surface area contributed by atoms with Crippen LogP contribution in [0.3, 0.4) is 0 Å². The van der Waals surface area contributed by atoms with Crippen molar-refractivity contribution in [2.75, 3.05) is 13.7 Å². The predicted octanol–water partition coefficient (Wildman–Crippen LogP) is 1.99. The summed E-state index contributed by atoms with van der Waals surface area (Å²) >= 11 is 0. The Hall–Kier alpha value is -1.55. The van der Waals surface area contributed by atoms with Gasteiger partial charge in [0.1, 0.15) is 11.8 Å². The molecule has 2 atom stereocenters. The first kappa shape index (κ1) is 12.9. The maximum atomic E-state index is 11.3. The molecular formula is C14H19NO3. The first-order valence-electron chi connectivity index (χ1n) is 6.22. The average Bonchev–Trinajstić information content (AvgIpc) is 2.71. The molecule has 0 bridgehead atoms. The van der Waals surface area contributed by atoms with E-state index >= 15 is 0 Å². The highest BCUT2D eigenvalue weighted by atomic mass is 16.5. The lowest BCUT2D eigenvalue weighted by Gasteiger charge is -2.23. The van der Waals surface area contributed by atoms with Gasteiger partial charge in [-0.25, -0.2) is 0 Å². The van der Waals surface area contributed by atoms with E-state index in [4.69, 9.17) is 4.74 Å². The van der Waals surface area contributed by atoms with Crippen molar-refractivity contribution in [1.29, 1.82) is 0 Å². The molecular weight excluding hydrogens is 230 g/mol. The lowest BCUT2D eigenvalue weighted by molar-refractivity contribution is -0.143. The normalized spacial score (nSPS) is 24.1. The van der Waals surface area contributed by atoms with Crippen molar-refractivity contribution < 1.29 is 14.6 Å². The molecule has 18 heavy (non-hydrogen) atoms. The van der Waals surface area contributed by atoms with Crippen LogP contribution in [0.25, 0.3) is 0 Å². The van der Waals surface area contributed by atoms with E-state index in [1.807, 2.05) is 36.1 Å². The summed E-state index contributed by atoms with van der Waals surface area (Å²) in [4.78, 5) is 13.3. The first-order chi connectivity index (χ1) is 8.63. The maximum absolute atomic E-state index is 11.3. The van der Waals surface area contributed by atoms with Crippen molar-refractivity contribution in [2.45, 2.75) is 25.9 Å². The second-order valence-corrected chi connectivity index (χ2v) is 4.83. The van der Waals surface area contributed by atoms with E-state index in [1.54, 1.807) is 7.11 Å². The van der Waals surface area contributed by atoms with Gasteiger partial charge in [0.25, 0.3) is 0 Å². The van der Waals surface area contributed by atoms with Crippen molar-refractivity contribution >= 4 is 5.97 Å². The number of para-hydroxylation sites is 1.